The average Bonchev–Trinajstić information content (AvgIpc) is 2.14. The second-order valence-electron chi connectivity index (χ2n) is 2.95. The first-order valence-corrected chi connectivity index (χ1v) is 6.01. The molecule has 0 saturated heterocycles. The third kappa shape index (κ3) is 4.15. The minimum atomic E-state index is -3.84. The fourth-order valence-electron chi connectivity index (χ4n) is 1.10. The molecule has 0 aliphatic heterocycles. The quantitative estimate of drug-likeness (QED) is 0.711. The Hall–Kier alpha value is -0.660. The van der Waals surface area contributed by atoms with E-state index in [1.807, 2.05) is 0 Å². The maximum Gasteiger partial charge on any atom is 0.275 e. The zero-order valence-electron chi connectivity index (χ0n) is 7.72. The van der Waals surface area contributed by atoms with Crippen molar-refractivity contribution in [3.05, 3.63) is 34.9 Å². The van der Waals surface area contributed by atoms with E-state index in [9.17, 15) is 8.42 Å². The van der Waals surface area contributed by atoms with E-state index in [4.69, 9.17) is 21.8 Å². The van der Waals surface area contributed by atoms with Gasteiger partial charge in [0, 0.05) is 5.02 Å². The molecule has 5 nitrogen and oxygen atoms in total. The summed E-state index contributed by atoms with van der Waals surface area (Å²) >= 11 is 5.67. The van der Waals surface area contributed by atoms with Crippen molar-refractivity contribution in [2.24, 2.45) is 5.14 Å². The van der Waals surface area contributed by atoms with Crippen LogP contribution >= 0.6 is 11.6 Å². The van der Waals surface area contributed by atoms with Gasteiger partial charge in [0.2, 0.25) is 0 Å². The average molecular weight is 251 g/mol. The van der Waals surface area contributed by atoms with E-state index < -0.39 is 16.3 Å². The van der Waals surface area contributed by atoms with Gasteiger partial charge in [0.25, 0.3) is 10.2 Å². The second-order valence-corrected chi connectivity index (χ2v) is 4.71. The Morgan fingerprint density at radius 2 is 1.93 bits per heavy atom. The topological polar surface area (TPSA) is 92.4 Å². The van der Waals surface area contributed by atoms with E-state index in [0.717, 1.165) is 0 Å². The minimum absolute atomic E-state index is 0.377. The maximum absolute atomic E-state index is 10.8. The number of benzene rings is 1. The number of nitrogens with two attached hydrogens (primary N) is 1. The van der Waals surface area contributed by atoms with Gasteiger partial charge < -0.3 is 5.11 Å². The van der Waals surface area contributed by atoms with Gasteiger partial charge in [-0.15, -0.1) is 0 Å². The third-order valence-corrected chi connectivity index (χ3v) is 2.63. The van der Waals surface area contributed by atoms with Gasteiger partial charge in [0.05, 0.1) is 12.6 Å². The molecule has 1 atom stereocenters. The molecule has 0 aliphatic carbocycles. The van der Waals surface area contributed by atoms with E-state index in [0.29, 0.717) is 10.6 Å². The summed E-state index contributed by atoms with van der Waals surface area (Å²) in [6.45, 7) is -0.377. The molecule has 1 aromatic rings. The van der Waals surface area contributed by atoms with Crippen LogP contribution in [0, 0.1) is 0 Å². The fraction of sp³-hybridized carbons (Fsp3) is 0.250. The summed E-state index contributed by atoms with van der Waals surface area (Å²) in [5.74, 6) is 0. The summed E-state index contributed by atoms with van der Waals surface area (Å²) in [5.41, 5.74) is 0.593. The summed E-state index contributed by atoms with van der Waals surface area (Å²) in [4.78, 5) is 0. The van der Waals surface area contributed by atoms with Crippen LogP contribution in [0.4, 0.5) is 0 Å². The molecular weight excluding hydrogens is 240 g/mol. The van der Waals surface area contributed by atoms with Gasteiger partial charge in [-0.3, -0.25) is 0 Å². The van der Waals surface area contributed by atoms with Crippen LogP contribution in [-0.2, 0) is 10.2 Å². The lowest BCUT2D eigenvalue weighted by Gasteiger charge is -2.14. The van der Waals surface area contributed by atoms with E-state index in [1.54, 1.807) is 24.3 Å². The Morgan fingerprint density at radius 3 is 2.33 bits per heavy atom. The summed E-state index contributed by atoms with van der Waals surface area (Å²) in [5, 5.41) is 14.3. The highest BCUT2D eigenvalue weighted by molar-refractivity contribution is 7.87. The lowest BCUT2D eigenvalue weighted by molar-refractivity contribution is 0.259. The predicted octanol–water partition coefficient (Wildman–Crippen LogP) is 0.167. The SMILES string of the molecule is NS(=O)(=O)NC(CO)c1ccc(Cl)cc1. The van der Waals surface area contributed by atoms with Crippen molar-refractivity contribution < 1.29 is 13.5 Å². The molecule has 7 heteroatoms. The van der Waals surface area contributed by atoms with E-state index in [2.05, 4.69) is 4.72 Å². The number of rotatable bonds is 4. The molecule has 4 N–H and O–H groups in total. The molecule has 84 valence electrons. The van der Waals surface area contributed by atoms with Crippen molar-refractivity contribution in [2.75, 3.05) is 6.61 Å². The van der Waals surface area contributed by atoms with Crippen molar-refractivity contribution >= 4 is 21.8 Å². The molecule has 0 heterocycles. The highest BCUT2D eigenvalue weighted by atomic mass is 35.5. The highest BCUT2D eigenvalue weighted by Crippen LogP contribution is 2.16. The van der Waals surface area contributed by atoms with Gasteiger partial charge in [-0.2, -0.15) is 13.1 Å². The normalized spacial score (nSPS) is 13.8. The van der Waals surface area contributed by atoms with Crippen molar-refractivity contribution in [3.8, 4) is 0 Å². The molecule has 0 radical (unpaired) electrons. The molecule has 1 rings (SSSR count). The Bertz CT molecular complexity index is 418. The first-order chi connectivity index (χ1) is 6.92. The first-order valence-electron chi connectivity index (χ1n) is 4.09. The molecule has 1 unspecified atom stereocenters. The molecule has 0 amide bonds. The van der Waals surface area contributed by atoms with Crippen molar-refractivity contribution in [3.63, 3.8) is 0 Å². The molecule has 1 aromatic carbocycles. The van der Waals surface area contributed by atoms with E-state index >= 15 is 0 Å². The zero-order chi connectivity index (χ0) is 11.5. The molecular formula is C8H11ClN2O3S. The fourth-order valence-corrected chi connectivity index (χ4v) is 1.84. The lowest BCUT2D eigenvalue weighted by atomic mass is 10.1. The van der Waals surface area contributed by atoms with E-state index in [-0.39, 0.29) is 6.61 Å². The molecule has 15 heavy (non-hydrogen) atoms. The van der Waals surface area contributed by atoms with Crippen LogP contribution in [0.15, 0.2) is 24.3 Å². The summed E-state index contributed by atoms with van der Waals surface area (Å²) < 4.78 is 23.6. The van der Waals surface area contributed by atoms with Gasteiger partial charge in [-0.25, -0.2) is 5.14 Å². The Balaban J connectivity index is 2.88. The summed E-state index contributed by atoms with van der Waals surface area (Å²) in [6, 6.07) is 5.68. The largest absolute Gasteiger partial charge is 0.394 e. The van der Waals surface area contributed by atoms with Crippen LogP contribution in [0.5, 0.6) is 0 Å². The zero-order valence-corrected chi connectivity index (χ0v) is 9.29. The van der Waals surface area contributed by atoms with Crippen LogP contribution in [0.25, 0.3) is 0 Å². The lowest BCUT2D eigenvalue weighted by Crippen LogP contribution is -2.35. The number of aliphatic hydroxyl groups is 1. The number of aliphatic hydroxyl groups excluding tert-OH is 1. The smallest absolute Gasteiger partial charge is 0.275 e. The van der Waals surface area contributed by atoms with Crippen LogP contribution < -0.4 is 9.86 Å². The molecule has 0 fully saturated rings. The van der Waals surface area contributed by atoms with Gasteiger partial charge in [-0.1, -0.05) is 23.7 Å². The van der Waals surface area contributed by atoms with Crippen LogP contribution in [0.1, 0.15) is 11.6 Å². The highest BCUT2D eigenvalue weighted by Gasteiger charge is 2.14. The third-order valence-electron chi connectivity index (χ3n) is 1.76. The monoisotopic (exact) mass is 250 g/mol. The Kier molecular flexibility index (Phi) is 4.06. The minimum Gasteiger partial charge on any atom is -0.394 e. The molecule has 0 aromatic heterocycles. The Morgan fingerprint density at radius 1 is 1.40 bits per heavy atom. The molecule has 0 spiro atoms. The van der Waals surface area contributed by atoms with Gasteiger partial charge in [0.1, 0.15) is 0 Å². The van der Waals surface area contributed by atoms with Crippen LogP contribution in [0.3, 0.4) is 0 Å². The number of nitrogens with one attached hydrogen (secondary N) is 1. The van der Waals surface area contributed by atoms with Gasteiger partial charge in [0.15, 0.2) is 0 Å². The molecule has 0 saturated carbocycles. The molecule has 0 bridgehead atoms. The maximum atomic E-state index is 10.8. The van der Waals surface area contributed by atoms with E-state index in [1.165, 1.54) is 0 Å². The van der Waals surface area contributed by atoms with Crippen molar-refractivity contribution in [1.82, 2.24) is 4.72 Å². The van der Waals surface area contributed by atoms with Crippen LogP contribution in [0.2, 0.25) is 5.02 Å². The van der Waals surface area contributed by atoms with Crippen molar-refractivity contribution in [2.45, 2.75) is 6.04 Å². The van der Waals surface area contributed by atoms with Crippen LogP contribution in [-0.4, -0.2) is 20.1 Å². The van der Waals surface area contributed by atoms with Crippen molar-refractivity contribution in [1.29, 1.82) is 0 Å². The summed E-state index contributed by atoms with van der Waals surface area (Å²) in [6.07, 6.45) is 0. The Labute approximate surface area is 93.0 Å². The standard InChI is InChI=1S/C8H11ClN2O3S/c9-7-3-1-6(2-4-7)8(5-12)11-15(10,13)14/h1-4,8,11-12H,5H2,(H2,10,13,14). The summed E-state index contributed by atoms with van der Waals surface area (Å²) in [7, 11) is -3.84. The number of hydrogen-bond acceptors (Lipinski definition) is 3. The predicted molar refractivity (Wildman–Crippen MR) is 57.5 cm³/mol. The molecule has 0 aliphatic rings. The second kappa shape index (κ2) is 4.91. The van der Waals surface area contributed by atoms with Gasteiger partial charge in [-0.05, 0) is 17.7 Å². The number of halogens is 1. The first kappa shape index (κ1) is 12.4. The van der Waals surface area contributed by atoms with Gasteiger partial charge >= 0.3 is 0 Å². The number of hydrogen-bond donors (Lipinski definition) is 3.